The summed E-state index contributed by atoms with van der Waals surface area (Å²) in [5.74, 6) is 0.841. The first-order valence-corrected chi connectivity index (χ1v) is 10.9. The normalized spacial score (nSPS) is 18.1. The Balaban J connectivity index is 1.65. The van der Waals surface area contributed by atoms with E-state index in [2.05, 4.69) is 10.6 Å². The van der Waals surface area contributed by atoms with Crippen molar-refractivity contribution in [3.63, 3.8) is 0 Å². The standard InChI is InChI=1S/C24H30ClN3O4/c1-16-6-8-17(9-7-16)14-26-22(29)24(2)10-5-11-28(15-24)23(30)27-19-12-18(25)20(31-3)13-21(19)32-4/h6-9,12-13H,5,10-11,14-15H2,1-4H3,(H,26,29)(H,27,30). The molecule has 2 aromatic carbocycles. The molecule has 3 rings (SSSR count). The Labute approximate surface area is 194 Å². The summed E-state index contributed by atoms with van der Waals surface area (Å²) >= 11 is 6.21. The lowest BCUT2D eigenvalue weighted by molar-refractivity contribution is -0.132. The summed E-state index contributed by atoms with van der Waals surface area (Å²) in [7, 11) is 3.02. The lowest BCUT2D eigenvalue weighted by Crippen LogP contribution is -2.52. The molecule has 0 aromatic heterocycles. The van der Waals surface area contributed by atoms with Gasteiger partial charge in [0.2, 0.25) is 5.91 Å². The number of rotatable bonds is 6. The van der Waals surface area contributed by atoms with Gasteiger partial charge in [-0.3, -0.25) is 4.79 Å². The van der Waals surface area contributed by atoms with E-state index in [0.717, 1.165) is 12.0 Å². The monoisotopic (exact) mass is 459 g/mol. The zero-order valence-corrected chi connectivity index (χ0v) is 19.7. The van der Waals surface area contributed by atoms with Gasteiger partial charge >= 0.3 is 6.03 Å². The predicted octanol–water partition coefficient (Wildman–Crippen LogP) is 4.62. The third kappa shape index (κ3) is 5.46. The summed E-state index contributed by atoms with van der Waals surface area (Å²) in [5, 5.41) is 6.24. The number of hydrogen-bond acceptors (Lipinski definition) is 4. The number of nitrogens with one attached hydrogen (secondary N) is 2. The van der Waals surface area contributed by atoms with Gasteiger partial charge < -0.3 is 25.0 Å². The molecule has 1 aliphatic heterocycles. The molecule has 3 amide bonds. The Morgan fingerprint density at radius 3 is 2.47 bits per heavy atom. The number of anilines is 1. The Bertz CT molecular complexity index is 980. The predicted molar refractivity (Wildman–Crippen MR) is 126 cm³/mol. The molecule has 1 heterocycles. The molecular formula is C24H30ClN3O4. The minimum absolute atomic E-state index is 0.0550. The number of likely N-dealkylation sites (tertiary alicyclic amines) is 1. The molecule has 2 aromatic rings. The van der Waals surface area contributed by atoms with Crippen molar-refractivity contribution in [3.05, 3.63) is 52.5 Å². The molecule has 8 heteroatoms. The number of ether oxygens (including phenoxy) is 2. The van der Waals surface area contributed by atoms with Crippen molar-refractivity contribution in [3.8, 4) is 11.5 Å². The minimum atomic E-state index is -0.665. The number of piperidine rings is 1. The summed E-state index contributed by atoms with van der Waals surface area (Å²) < 4.78 is 10.6. The Hall–Kier alpha value is -2.93. The Morgan fingerprint density at radius 2 is 1.81 bits per heavy atom. The van der Waals surface area contributed by atoms with Gasteiger partial charge in [0.25, 0.3) is 0 Å². The molecule has 0 radical (unpaired) electrons. The maximum absolute atomic E-state index is 13.0. The molecule has 32 heavy (non-hydrogen) atoms. The number of methoxy groups -OCH3 is 2. The van der Waals surface area contributed by atoms with E-state index in [9.17, 15) is 9.59 Å². The quantitative estimate of drug-likeness (QED) is 0.660. The van der Waals surface area contributed by atoms with Crippen molar-refractivity contribution in [2.24, 2.45) is 5.41 Å². The van der Waals surface area contributed by atoms with E-state index in [0.29, 0.717) is 48.3 Å². The SMILES string of the molecule is COc1cc(OC)c(NC(=O)N2CCCC(C)(C(=O)NCc3ccc(C)cc3)C2)cc1Cl. The fraction of sp³-hybridized carbons (Fsp3) is 0.417. The van der Waals surface area contributed by atoms with E-state index >= 15 is 0 Å². The van der Waals surface area contributed by atoms with Crippen molar-refractivity contribution in [1.29, 1.82) is 0 Å². The summed E-state index contributed by atoms with van der Waals surface area (Å²) in [4.78, 5) is 27.6. The van der Waals surface area contributed by atoms with E-state index < -0.39 is 5.41 Å². The number of amides is 3. The van der Waals surface area contributed by atoms with Crippen molar-refractivity contribution in [2.75, 3.05) is 32.6 Å². The number of aryl methyl sites for hydroxylation is 1. The number of urea groups is 1. The summed E-state index contributed by atoms with van der Waals surface area (Å²) in [6.07, 6.45) is 1.45. The molecule has 1 aliphatic rings. The third-order valence-corrected chi connectivity index (χ3v) is 6.12. The van der Waals surface area contributed by atoms with Crippen molar-refractivity contribution >= 4 is 29.2 Å². The maximum atomic E-state index is 13.0. The van der Waals surface area contributed by atoms with Crippen LogP contribution in [0.3, 0.4) is 0 Å². The second-order valence-corrected chi connectivity index (χ2v) is 8.78. The van der Waals surface area contributed by atoms with Crippen LogP contribution in [0.2, 0.25) is 5.02 Å². The maximum Gasteiger partial charge on any atom is 0.321 e. The van der Waals surface area contributed by atoms with E-state index in [1.54, 1.807) is 17.0 Å². The number of nitrogens with zero attached hydrogens (tertiary/aromatic N) is 1. The van der Waals surface area contributed by atoms with Crippen LogP contribution in [0.15, 0.2) is 36.4 Å². The van der Waals surface area contributed by atoms with Crippen molar-refractivity contribution < 1.29 is 19.1 Å². The van der Waals surface area contributed by atoms with Gasteiger partial charge in [-0.2, -0.15) is 0 Å². The Kier molecular flexibility index (Phi) is 7.51. The lowest BCUT2D eigenvalue weighted by Gasteiger charge is -2.39. The first-order valence-electron chi connectivity index (χ1n) is 10.6. The van der Waals surface area contributed by atoms with Crippen LogP contribution < -0.4 is 20.1 Å². The van der Waals surface area contributed by atoms with Gasteiger partial charge in [0.1, 0.15) is 11.5 Å². The molecule has 1 saturated heterocycles. The highest BCUT2D eigenvalue weighted by Crippen LogP contribution is 2.36. The van der Waals surface area contributed by atoms with Gasteiger partial charge in [-0.15, -0.1) is 0 Å². The number of benzene rings is 2. The second kappa shape index (κ2) is 10.1. The first-order chi connectivity index (χ1) is 15.3. The van der Waals surface area contributed by atoms with E-state index in [1.807, 2.05) is 38.1 Å². The molecular weight excluding hydrogens is 430 g/mol. The number of halogens is 1. The number of hydrogen-bond donors (Lipinski definition) is 2. The van der Waals surface area contributed by atoms with Crippen LogP contribution in [-0.2, 0) is 11.3 Å². The van der Waals surface area contributed by atoms with Crippen LogP contribution in [0, 0.1) is 12.3 Å². The molecule has 7 nitrogen and oxygen atoms in total. The fourth-order valence-electron chi connectivity index (χ4n) is 3.85. The lowest BCUT2D eigenvalue weighted by atomic mass is 9.81. The van der Waals surface area contributed by atoms with E-state index in [4.69, 9.17) is 21.1 Å². The molecule has 0 bridgehead atoms. The molecule has 0 aliphatic carbocycles. The zero-order chi connectivity index (χ0) is 23.3. The van der Waals surface area contributed by atoms with Gasteiger partial charge in [-0.25, -0.2) is 4.79 Å². The minimum Gasteiger partial charge on any atom is -0.495 e. The van der Waals surface area contributed by atoms with E-state index in [-0.39, 0.29) is 11.9 Å². The van der Waals surface area contributed by atoms with Gasteiger partial charge in [0.15, 0.2) is 0 Å². The molecule has 1 fully saturated rings. The fourth-order valence-corrected chi connectivity index (χ4v) is 4.09. The average Bonchev–Trinajstić information content (AvgIpc) is 2.78. The van der Waals surface area contributed by atoms with Crippen molar-refractivity contribution in [1.82, 2.24) is 10.2 Å². The first kappa shape index (κ1) is 23.7. The van der Waals surface area contributed by atoms with Crippen LogP contribution >= 0.6 is 11.6 Å². The number of carbonyl (C=O) groups excluding carboxylic acids is 2. The average molecular weight is 460 g/mol. The van der Waals surface area contributed by atoms with Crippen LogP contribution in [0.4, 0.5) is 10.5 Å². The van der Waals surface area contributed by atoms with Crippen molar-refractivity contribution in [2.45, 2.75) is 33.2 Å². The summed E-state index contributed by atoms with van der Waals surface area (Å²) in [6.45, 7) is 5.29. The molecule has 1 atom stereocenters. The summed E-state index contributed by atoms with van der Waals surface area (Å²) in [6, 6.07) is 11.0. The van der Waals surface area contributed by atoms with Crippen LogP contribution in [0.5, 0.6) is 11.5 Å². The molecule has 0 saturated carbocycles. The molecule has 1 unspecified atom stereocenters. The highest BCUT2D eigenvalue weighted by atomic mass is 35.5. The Morgan fingerprint density at radius 1 is 1.12 bits per heavy atom. The van der Waals surface area contributed by atoms with Crippen LogP contribution in [0.1, 0.15) is 30.9 Å². The summed E-state index contributed by atoms with van der Waals surface area (Å²) in [5.41, 5.74) is 2.00. The van der Waals surface area contributed by atoms with Gasteiger partial charge in [-0.1, -0.05) is 41.4 Å². The third-order valence-electron chi connectivity index (χ3n) is 5.82. The smallest absolute Gasteiger partial charge is 0.321 e. The molecule has 0 spiro atoms. The second-order valence-electron chi connectivity index (χ2n) is 8.37. The van der Waals surface area contributed by atoms with Gasteiger partial charge in [0.05, 0.1) is 30.3 Å². The molecule has 172 valence electrons. The highest BCUT2D eigenvalue weighted by Gasteiger charge is 2.39. The zero-order valence-electron chi connectivity index (χ0n) is 19.0. The largest absolute Gasteiger partial charge is 0.495 e. The van der Waals surface area contributed by atoms with Gasteiger partial charge in [-0.05, 0) is 38.3 Å². The highest BCUT2D eigenvalue weighted by molar-refractivity contribution is 6.32. The number of carbonyl (C=O) groups is 2. The topological polar surface area (TPSA) is 79.9 Å². The van der Waals surface area contributed by atoms with Crippen LogP contribution in [0.25, 0.3) is 0 Å². The van der Waals surface area contributed by atoms with Gasteiger partial charge in [0, 0.05) is 25.7 Å². The van der Waals surface area contributed by atoms with E-state index in [1.165, 1.54) is 19.8 Å². The van der Waals surface area contributed by atoms with Crippen LogP contribution in [-0.4, -0.2) is 44.1 Å². The molecule has 2 N–H and O–H groups in total.